The molecule has 1 N–H and O–H groups in total. The predicted octanol–water partition coefficient (Wildman–Crippen LogP) is 2.76. The first-order valence-corrected chi connectivity index (χ1v) is 8.93. The van der Waals surface area contributed by atoms with E-state index in [4.69, 9.17) is 9.15 Å². The van der Waals surface area contributed by atoms with E-state index in [-0.39, 0.29) is 17.8 Å². The van der Waals surface area contributed by atoms with E-state index in [1.54, 1.807) is 0 Å². The number of aromatic nitrogens is 2. The standard InChI is InChI=1S/C17H17N3O3S/c21-14(18-8-11-4-3-7-22-11)9-24-17-16-15(19-10-20-17)12-5-1-2-6-13(12)23-16/h1-2,5-6,10-11H,3-4,7-9H2,(H,18,21)/t11-/m0/s1. The minimum absolute atomic E-state index is 0.0293. The van der Waals surface area contributed by atoms with Crippen molar-refractivity contribution in [2.45, 2.75) is 24.0 Å². The third-order valence-corrected chi connectivity index (χ3v) is 4.99. The van der Waals surface area contributed by atoms with Crippen molar-refractivity contribution in [1.29, 1.82) is 0 Å². The van der Waals surface area contributed by atoms with Gasteiger partial charge in [-0.25, -0.2) is 9.97 Å². The van der Waals surface area contributed by atoms with Crippen molar-refractivity contribution >= 4 is 39.7 Å². The molecule has 0 spiro atoms. The average molecular weight is 343 g/mol. The average Bonchev–Trinajstić information content (AvgIpc) is 3.25. The number of nitrogens with one attached hydrogen (secondary N) is 1. The molecule has 0 radical (unpaired) electrons. The fourth-order valence-electron chi connectivity index (χ4n) is 2.82. The van der Waals surface area contributed by atoms with Crippen LogP contribution in [0.4, 0.5) is 0 Å². The SMILES string of the molecule is O=C(CSc1ncnc2c1oc1ccccc12)NC[C@@H]1CCCO1. The maximum absolute atomic E-state index is 12.0. The topological polar surface area (TPSA) is 77.2 Å². The highest BCUT2D eigenvalue weighted by atomic mass is 32.2. The molecule has 6 nitrogen and oxygen atoms in total. The second kappa shape index (κ2) is 6.78. The number of hydrogen-bond acceptors (Lipinski definition) is 6. The highest BCUT2D eigenvalue weighted by Crippen LogP contribution is 2.32. The number of rotatable bonds is 5. The number of carbonyl (C=O) groups is 1. The van der Waals surface area contributed by atoms with Crippen molar-refractivity contribution in [2.75, 3.05) is 18.9 Å². The van der Waals surface area contributed by atoms with Crippen LogP contribution < -0.4 is 5.32 Å². The van der Waals surface area contributed by atoms with Crippen LogP contribution in [0.25, 0.3) is 22.1 Å². The number of ether oxygens (including phenoxy) is 1. The number of furan rings is 1. The third kappa shape index (κ3) is 3.09. The van der Waals surface area contributed by atoms with Gasteiger partial charge in [0.25, 0.3) is 0 Å². The van der Waals surface area contributed by atoms with Crippen molar-refractivity contribution in [2.24, 2.45) is 0 Å². The van der Waals surface area contributed by atoms with Gasteiger partial charge in [0.2, 0.25) is 5.91 Å². The van der Waals surface area contributed by atoms with Gasteiger partial charge in [0.1, 0.15) is 22.5 Å². The molecule has 0 unspecified atom stereocenters. The monoisotopic (exact) mass is 343 g/mol. The molecule has 0 saturated carbocycles. The van der Waals surface area contributed by atoms with Gasteiger partial charge in [-0.15, -0.1) is 0 Å². The Bertz CT molecular complexity index is 874. The van der Waals surface area contributed by atoms with Crippen LogP contribution in [0.1, 0.15) is 12.8 Å². The van der Waals surface area contributed by atoms with E-state index in [1.165, 1.54) is 18.1 Å². The lowest BCUT2D eigenvalue weighted by atomic mass is 10.2. The van der Waals surface area contributed by atoms with Gasteiger partial charge < -0.3 is 14.5 Å². The van der Waals surface area contributed by atoms with Gasteiger partial charge in [0.15, 0.2) is 5.58 Å². The van der Waals surface area contributed by atoms with E-state index < -0.39 is 0 Å². The number of benzene rings is 1. The summed E-state index contributed by atoms with van der Waals surface area (Å²) < 4.78 is 11.4. The van der Waals surface area contributed by atoms with Crippen LogP contribution in [0.2, 0.25) is 0 Å². The van der Waals surface area contributed by atoms with Crippen LogP contribution in [0.15, 0.2) is 40.0 Å². The smallest absolute Gasteiger partial charge is 0.230 e. The van der Waals surface area contributed by atoms with Crippen LogP contribution in [0.3, 0.4) is 0 Å². The lowest BCUT2D eigenvalue weighted by Gasteiger charge is -2.10. The number of carbonyl (C=O) groups excluding carboxylic acids is 1. The van der Waals surface area contributed by atoms with Gasteiger partial charge in [-0.3, -0.25) is 4.79 Å². The normalized spacial score (nSPS) is 17.6. The van der Waals surface area contributed by atoms with Crippen molar-refractivity contribution in [3.8, 4) is 0 Å². The Balaban J connectivity index is 1.45. The van der Waals surface area contributed by atoms with E-state index >= 15 is 0 Å². The zero-order valence-corrected chi connectivity index (χ0v) is 13.8. The summed E-state index contributed by atoms with van der Waals surface area (Å²) in [6.07, 6.45) is 3.75. The molecule has 24 heavy (non-hydrogen) atoms. The molecular formula is C17H17N3O3S. The molecule has 1 saturated heterocycles. The minimum atomic E-state index is -0.0293. The maximum atomic E-state index is 12.0. The van der Waals surface area contributed by atoms with E-state index in [0.29, 0.717) is 17.2 Å². The summed E-state index contributed by atoms with van der Waals surface area (Å²) in [7, 11) is 0. The molecule has 7 heteroatoms. The molecule has 1 aliphatic heterocycles. The molecule has 4 rings (SSSR count). The Morgan fingerprint density at radius 2 is 2.25 bits per heavy atom. The zero-order chi connectivity index (χ0) is 16.4. The van der Waals surface area contributed by atoms with Crippen molar-refractivity contribution in [3.05, 3.63) is 30.6 Å². The molecule has 1 amide bonds. The molecule has 124 valence electrons. The molecule has 1 aromatic carbocycles. The Labute approximate surface area is 143 Å². The van der Waals surface area contributed by atoms with Crippen molar-refractivity contribution < 1.29 is 13.9 Å². The minimum Gasteiger partial charge on any atom is -0.451 e. The van der Waals surface area contributed by atoms with E-state index in [1.807, 2.05) is 24.3 Å². The van der Waals surface area contributed by atoms with Crippen LogP contribution in [0.5, 0.6) is 0 Å². The van der Waals surface area contributed by atoms with Gasteiger partial charge in [-0.1, -0.05) is 23.9 Å². The molecule has 0 aliphatic carbocycles. The predicted molar refractivity (Wildman–Crippen MR) is 92.0 cm³/mol. The lowest BCUT2D eigenvalue weighted by molar-refractivity contribution is -0.119. The fraction of sp³-hybridized carbons (Fsp3) is 0.353. The molecule has 0 bridgehead atoms. The van der Waals surface area contributed by atoms with E-state index in [9.17, 15) is 4.79 Å². The summed E-state index contributed by atoms with van der Waals surface area (Å²) in [5.74, 6) is 0.258. The number of para-hydroxylation sites is 1. The summed E-state index contributed by atoms with van der Waals surface area (Å²) in [5, 5.41) is 4.55. The van der Waals surface area contributed by atoms with E-state index in [0.717, 1.165) is 35.9 Å². The molecule has 3 aromatic rings. The molecule has 1 fully saturated rings. The number of fused-ring (bicyclic) bond motifs is 3. The van der Waals surface area contributed by atoms with Crippen LogP contribution >= 0.6 is 11.8 Å². The summed E-state index contributed by atoms with van der Waals surface area (Å²) in [5.41, 5.74) is 2.19. The van der Waals surface area contributed by atoms with Gasteiger partial charge in [0.05, 0.1) is 11.9 Å². The number of amides is 1. The Morgan fingerprint density at radius 3 is 3.12 bits per heavy atom. The second-order valence-corrected chi connectivity index (χ2v) is 6.65. The Morgan fingerprint density at radius 1 is 1.33 bits per heavy atom. The first-order chi connectivity index (χ1) is 11.8. The number of thioether (sulfide) groups is 1. The van der Waals surface area contributed by atoms with Crippen LogP contribution in [-0.2, 0) is 9.53 Å². The summed E-state index contributed by atoms with van der Waals surface area (Å²) in [6.45, 7) is 1.36. The maximum Gasteiger partial charge on any atom is 0.230 e. The lowest BCUT2D eigenvalue weighted by Crippen LogP contribution is -2.32. The van der Waals surface area contributed by atoms with Gasteiger partial charge >= 0.3 is 0 Å². The molecule has 1 aliphatic rings. The zero-order valence-electron chi connectivity index (χ0n) is 13.0. The summed E-state index contributed by atoms with van der Waals surface area (Å²) in [6, 6.07) is 7.74. The first kappa shape index (κ1) is 15.4. The number of hydrogen-bond donors (Lipinski definition) is 1. The van der Waals surface area contributed by atoms with Gasteiger partial charge in [-0.2, -0.15) is 0 Å². The van der Waals surface area contributed by atoms with Crippen LogP contribution in [0, 0.1) is 0 Å². The highest BCUT2D eigenvalue weighted by Gasteiger charge is 2.17. The summed E-state index contributed by atoms with van der Waals surface area (Å²) >= 11 is 1.36. The van der Waals surface area contributed by atoms with E-state index in [2.05, 4.69) is 15.3 Å². The van der Waals surface area contributed by atoms with Crippen molar-refractivity contribution in [1.82, 2.24) is 15.3 Å². The highest BCUT2D eigenvalue weighted by molar-refractivity contribution is 8.00. The van der Waals surface area contributed by atoms with Crippen LogP contribution in [-0.4, -0.2) is 40.9 Å². The molecule has 1 atom stereocenters. The largest absolute Gasteiger partial charge is 0.451 e. The van der Waals surface area contributed by atoms with Gasteiger partial charge in [0, 0.05) is 18.5 Å². The number of nitrogens with zero attached hydrogens (tertiary/aromatic N) is 2. The summed E-state index contributed by atoms with van der Waals surface area (Å²) in [4.78, 5) is 20.6. The first-order valence-electron chi connectivity index (χ1n) is 7.94. The Kier molecular flexibility index (Phi) is 4.36. The Hall–Kier alpha value is -2.12. The molecule has 2 aromatic heterocycles. The fourth-order valence-corrected chi connectivity index (χ4v) is 3.58. The molecule has 3 heterocycles. The van der Waals surface area contributed by atoms with Crippen molar-refractivity contribution in [3.63, 3.8) is 0 Å². The molecular weight excluding hydrogens is 326 g/mol. The second-order valence-electron chi connectivity index (χ2n) is 5.68. The third-order valence-electron chi connectivity index (χ3n) is 4.02. The van der Waals surface area contributed by atoms with Gasteiger partial charge in [-0.05, 0) is 25.0 Å². The quantitative estimate of drug-likeness (QED) is 0.567.